The number of amides is 1. The normalized spacial score (nSPS) is 13.1. The lowest BCUT2D eigenvalue weighted by molar-refractivity contribution is -0.116. The average Bonchev–Trinajstić information content (AvgIpc) is 2.13. The van der Waals surface area contributed by atoms with E-state index in [1.54, 1.807) is 18.2 Å². The standard InChI is InChI=1S/C14H22N2O2/c1-14(2,3)9-10(15)7-13(18)16-11-5-4-6-12(17)8-11/h4-6,8,10,17H,7,9,15H2,1-3H3,(H,16,18). The van der Waals surface area contributed by atoms with Crippen LogP contribution in [0.15, 0.2) is 24.3 Å². The van der Waals surface area contributed by atoms with Gasteiger partial charge < -0.3 is 16.2 Å². The van der Waals surface area contributed by atoms with Crippen LogP contribution in [0.4, 0.5) is 5.69 Å². The molecule has 0 aliphatic rings. The molecule has 0 saturated heterocycles. The van der Waals surface area contributed by atoms with Crippen LogP contribution in [-0.4, -0.2) is 17.1 Å². The molecule has 4 N–H and O–H groups in total. The highest BCUT2D eigenvalue weighted by Gasteiger charge is 2.18. The van der Waals surface area contributed by atoms with Crippen molar-refractivity contribution in [1.29, 1.82) is 0 Å². The molecule has 18 heavy (non-hydrogen) atoms. The van der Waals surface area contributed by atoms with Crippen LogP contribution in [0.25, 0.3) is 0 Å². The van der Waals surface area contributed by atoms with Crippen molar-refractivity contribution >= 4 is 11.6 Å². The first-order chi connectivity index (χ1) is 8.26. The summed E-state index contributed by atoms with van der Waals surface area (Å²) >= 11 is 0. The Kier molecular flexibility index (Phi) is 4.73. The first kappa shape index (κ1) is 14.5. The lowest BCUT2D eigenvalue weighted by atomic mass is 9.87. The number of phenolic OH excluding ortho intramolecular Hbond substituents is 1. The maximum Gasteiger partial charge on any atom is 0.225 e. The number of aromatic hydroxyl groups is 1. The van der Waals surface area contributed by atoms with Gasteiger partial charge >= 0.3 is 0 Å². The Bertz CT molecular complexity index is 411. The second kappa shape index (κ2) is 5.87. The van der Waals surface area contributed by atoms with Crippen LogP contribution in [0, 0.1) is 5.41 Å². The van der Waals surface area contributed by atoms with Gasteiger partial charge in [-0.05, 0) is 24.0 Å². The van der Waals surface area contributed by atoms with Crippen molar-refractivity contribution in [3.8, 4) is 5.75 Å². The largest absolute Gasteiger partial charge is 0.508 e. The number of hydrogen-bond acceptors (Lipinski definition) is 3. The molecule has 1 unspecified atom stereocenters. The van der Waals surface area contributed by atoms with E-state index in [0.29, 0.717) is 5.69 Å². The molecule has 1 aromatic carbocycles. The molecule has 0 spiro atoms. The second-order valence-corrected chi connectivity index (χ2v) is 5.83. The highest BCUT2D eigenvalue weighted by molar-refractivity contribution is 5.91. The second-order valence-electron chi connectivity index (χ2n) is 5.83. The molecule has 4 heteroatoms. The fourth-order valence-corrected chi connectivity index (χ4v) is 1.89. The topological polar surface area (TPSA) is 75.4 Å². The van der Waals surface area contributed by atoms with Crippen molar-refractivity contribution in [2.24, 2.45) is 11.1 Å². The van der Waals surface area contributed by atoms with Crippen LogP contribution in [0.3, 0.4) is 0 Å². The SMILES string of the molecule is CC(C)(C)CC(N)CC(=O)Nc1cccc(O)c1. The summed E-state index contributed by atoms with van der Waals surface area (Å²) in [5, 5.41) is 12.0. The molecule has 0 fully saturated rings. The summed E-state index contributed by atoms with van der Waals surface area (Å²) in [5.41, 5.74) is 6.64. The third-order valence-corrected chi connectivity index (χ3v) is 2.45. The van der Waals surface area contributed by atoms with E-state index in [1.807, 2.05) is 0 Å². The average molecular weight is 250 g/mol. The Hall–Kier alpha value is -1.55. The van der Waals surface area contributed by atoms with E-state index >= 15 is 0 Å². The molecule has 0 heterocycles. The Morgan fingerprint density at radius 3 is 2.67 bits per heavy atom. The zero-order valence-corrected chi connectivity index (χ0v) is 11.2. The number of rotatable bonds is 4. The third kappa shape index (κ3) is 5.68. The van der Waals surface area contributed by atoms with Crippen LogP contribution >= 0.6 is 0 Å². The van der Waals surface area contributed by atoms with Gasteiger partial charge in [0.25, 0.3) is 0 Å². The van der Waals surface area contributed by atoms with Crippen molar-refractivity contribution < 1.29 is 9.90 Å². The number of nitrogens with one attached hydrogen (secondary N) is 1. The van der Waals surface area contributed by atoms with Crippen LogP contribution in [0.2, 0.25) is 0 Å². The Labute approximate surface area is 108 Å². The maximum absolute atomic E-state index is 11.7. The van der Waals surface area contributed by atoms with Gasteiger partial charge in [-0.15, -0.1) is 0 Å². The molecule has 0 aromatic heterocycles. The van der Waals surface area contributed by atoms with E-state index in [4.69, 9.17) is 5.73 Å². The number of hydrogen-bond donors (Lipinski definition) is 3. The minimum absolute atomic E-state index is 0.116. The monoisotopic (exact) mass is 250 g/mol. The molecule has 0 saturated carbocycles. The smallest absolute Gasteiger partial charge is 0.225 e. The molecule has 0 aliphatic heterocycles. The van der Waals surface area contributed by atoms with Gasteiger partial charge in [-0.25, -0.2) is 0 Å². The van der Waals surface area contributed by atoms with E-state index in [1.165, 1.54) is 6.07 Å². The first-order valence-electron chi connectivity index (χ1n) is 6.11. The summed E-state index contributed by atoms with van der Waals surface area (Å²) in [7, 11) is 0. The number of anilines is 1. The Morgan fingerprint density at radius 2 is 2.11 bits per heavy atom. The third-order valence-electron chi connectivity index (χ3n) is 2.45. The van der Waals surface area contributed by atoms with Crippen molar-refractivity contribution in [3.63, 3.8) is 0 Å². The van der Waals surface area contributed by atoms with E-state index in [0.717, 1.165) is 6.42 Å². The summed E-state index contributed by atoms with van der Waals surface area (Å²) in [4.78, 5) is 11.7. The minimum atomic E-state index is -0.151. The van der Waals surface area contributed by atoms with Crippen molar-refractivity contribution in [3.05, 3.63) is 24.3 Å². The number of phenols is 1. The zero-order valence-electron chi connectivity index (χ0n) is 11.2. The van der Waals surface area contributed by atoms with Crippen LogP contribution in [0.5, 0.6) is 5.75 Å². The first-order valence-corrected chi connectivity index (χ1v) is 6.11. The fraction of sp³-hybridized carbons (Fsp3) is 0.500. The maximum atomic E-state index is 11.7. The summed E-state index contributed by atoms with van der Waals surface area (Å²) in [6.07, 6.45) is 1.08. The summed E-state index contributed by atoms with van der Waals surface area (Å²) in [6.45, 7) is 6.29. The van der Waals surface area contributed by atoms with Gasteiger partial charge in [0, 0.05) is 24.2 Å². The van der Waals surface area contributed by atoms with Crippen LogP contribution in [0.1, 0.15) is 33.6 Å². The van der Waals surface area contributed by atoms with Crippen molar-refractivity contribution in [1.82, 2.24) is 0 Å². The molecule has 4 nitrogen and oxygen atoms in total. The number of carbonyl (C=O) groups is 1. The Balaban J connectivity index is 2.47. The lowest BCUT2D eigenvalue weighted by Crippen LogP contribution is -2.31. The van der Waals surface area contributed by atoms with Gasteiger partial charge in [-0.2, -0.15) is 0 Å². The van der Waals surface area contributed by atoms with Gasteiger partial charge in [0.05, 0.1) is 0 Å². The molecule has 1 atom stereocenters. The van der Waals surface area contributed by atoms with Crippen molar-refractivity contribution in [2.75, 3.05) is 5.32 Å². The molecule has 0 bridgehead atoms. The van der Waals surface area contributed by atoms with E-state index < -0.39 is 0 Å². The van der Waals surface area contributed by atoms with E-state index in [9.17, 15) is 9.90 Å². The molecule has 0 radical (unpaired) electrons. The highest BCUT2D eigenvalue weighted by atomic mass is 16.3. The Morgan fingerprint density at radius 1 is 1.44 bits per heavy atom. The van der Waals surface area contributed by atoms with Gasteiger partial charge in [0.2, 0.25) is 5.91 Å². The molecule has 1 aromatic rings. The van der Waals surface area contributed by atoms with Gasteiger partial charge in [0.15, 0.2) is 0 Å². The summed E-state index contributed by atoms with van der Waals surface area (Å²) < 4.78 is 0. The summed E-state index contributed by atoms with van der Waals surface area (Å²) in [5.74, 6) is 0.00383. The van der Waals surface area contributed by atoms with Crippen LogP contribution in [-0.2, 0) is 4.79 Å². The molecule has 100 valence electrons. The summed E-state index contributed by atoms with van der Waals surface area (Å²) in [6, 6.07) is 6.32. The molecule has 1 rings (SSSR count). The van der Waals surface area contributed by atoms with Crippen LogP contribution < -0.4 is 11.1 Å². The van der Waals surface area contributed by atoms with Gasteiger partial charge in [-0.1, -0.05) is 26.8 Å². The highest BCUT2D eigenvalue weighted by Crippen LogP contribution is 2.21. The predicted molar refractivity (Wildman–Crippen MR) is 73.4 cm³/mol. The number of carbonyl (C=O) groups excluding carboxylic acids is 1. The van der Waals surface area contributed by atoms with Gasteiger partial charge in [0.1, 0.15) is 5.75 Å². The van der Waals surface area contributed by atoms with Gasteiger partial charge in [-0.3, -0.25) is 4.79 Å². The lowest BCUT2D eigenvalue weighted by Gasteiger charge is -2.22. The predicted octanol–water partition coefficient (Wildman–Crippen LogP) is 2.48. The van der Waals surface area contributed by atoms with E-state index in [2.05, 4.69) is 26.1 Å². The van der Waals surface area contributed by atoms with Crippen molar-refractivity contribution in [2.45, 2.75) is 39.7 Å². The number of benzene rings is 1. The number of nitrogens with two attached hydrogens (primary N) is 1. The molecule has 0 aliphatic carbocycles. The zero-order chi connectivity index (χ0) is 13.8. The fourth-order valence-electron chi connectivity index (χ4n) is 1.89. The minimum Gasteiger partial charge on any atom is -0.508 e. The molecular weight excluding hydrogens is 228 g/mol. The quantitative estimate of drug-likeness (QED) is 0.768. The molecule has 1 amide bonds. The van der Waals surface area contributed by atoms with E-state index in [-0.39, 0.29) is 29.5 Å². The molecular formula is C14H22N2O2.